The molecule has 0 fully saturated rings. The average Bonchev–Trinajstić information content (AvgIpc) is 3.62. The number of benzene rings is 6. The Hall–Kier alpha value is -5.90. The van der Waals surface area contributed by atoms with Gasteiger partial charge in [0, 0.05) is 49.8 Å². The van der Waals surface area contributed by atoms with Gasteiger partial charge in [-0.15, -0.1) is 18.2 Å². The Labute approximate surface area is 380 Å². The van der Waals surface area contributed by atoms with Crippen molar-refractivity contribution in [2.24, 2.45) is 0 Å². The van der Waals surface area contributed by atoms with Crippen LogP contribution in [0.3, 0.4) is 0 Å². The molecular formula is C56H53N4OPt-. The van der Waals surface area contributed by atoms with Crippen molar-refractivity contribution in [2.45, 2.75) is 85.5 Å². The zero-order chi connectivity index (χ0) is 43.0. The van der Waals surface area contributed by atoms with Crippen LogP contribution in [-0.4, -0.2) is 24.6 Å². The van der Waals surface area contributed by atoms with E-state index in [9.17, 15) is 5.11 Å². The summed E-state index contributed by atoms with van der Waals surface area (Å²) >= 11 is 0. The summed E-state index contributed by atoms with van der Waals surface area (Å²) < 4.78 is 2.27. The molecule has 0 aliphatic carbocycles. The van der Waals surface area contributed by atoms with Crippen LogP contribution in [0.25, 0.3) is 83.3 Å². The zero-order valence-electron chi connectivity index (χ0n) is 37.3. The number of nitrogens with zero attached hydrogens (tertiary/aromatic N) is 4. The molecule has 3 aromatic heterocycles. The van der Waals surface area contributed by atoms with Gasteiger partial charge in [0.25, 0.3) is 0 Å². The number of fused-ring (bicyclic) bond motifs is 5. The van der Waals surface area contributed by atoms with E-state index in [0.29, 0.717) is 11.4 Å². The molecule has 0 radical (unpaired) electrons. The molecule has 1 N–H and O–H groups in total. The number of aryl methyl sites for hydroxylation is 1. The summed E-state index contributed by atoms with van der Waals surface area (Å²) in [6.07, 6.45) is 1.87. The van der Waals surface area contributed by atoms with Gasteiger partial charge in [0.15, 0.2) is 0 Å². The van der Waals surface area contributed by atoms with Crippen molar-refractivity contribution in [3.63, 3.8) is 0 Å². The second-order valence-corrected chi connectivity index (χ2v) is 19.5. The Balaban J connectivity index is 0.00000529. The summed E-state index contributed by atoms with van der Waals surface area (Å²) in [4.78, 5) is 15.6. The molecule has 0 spiro atoms. The van der Waals surface area contributed by atoms with E-state index in [1.54, 1.807) is 0 Å². The Kier molecular flexibility index (Phi) is 10.9. The number of hydrogen-bond acceptors (Lipinski definition) is 4. The van der Waals surface area contributed by atoms with Crippen LogP contribution >= 0.6 is 0 Å². The second kappa shape index (κ2) is 15.8. The van der Waals surface area contributed by atoms with E-state index in [-0.39, 0.29) is 43.1 Å². The van der Waals surface area contributed by atoms with Gasteiger partial charge in [0.05, 0.1) is 22.3 Å². The molecule has 0 aliphatic rings. The number of aromatic hydroxyl groups is 1. The first kappa shape index (κ1) is 42.8. The Morgan fingerprint density at radius 1 is 0.597 bits per heavy atom. The average molecular weight is 993 g/mol. The molecule has 6 aromatic carbocycles. The van der Waals surface area contributed by atoms with Crippen molar-refractivity contribution in [2.75, 3.05) is 0 Å². The van der Waals surface area contributed by atoms with Crippen LogP contribution in [0.2, 0.25) is 0 Å². The van der Waals surface area contributed by atoms with Crippen LogP contribution in [0, 0.1) is 13.0 Å². The SMILES string of the molecule is Cc1nc2ccc(-c3cc(-c4ccccc4)ccn3)[c-]c2c2c1ccc1c2nc(-c2cc(C(C)(C)C)cc(C(C)(C)C)c2O)n1-c1ccc(C(C)(C)C)cc1-c1ccccc1.[Pt]. The number of aromatic nitrogens is 4. The third-order valence-corrected chi connectivity index (χ3v) is 12.0. The molecule has 0 unspecified atom stereocenters. The quantitative estimate of drug-likeness (QED) is 0.138. The normalized spacial score (nSPS) is 12.3. The fourth-order valence-corrected chi connectivity index (χ4v) is 8.53. The smallest absolute Gasteiger partial charge is 0.148 e. The predicted octanol–water partition coefficient (Wildman–Crippen LogP) is 14.5. The van der Waals surface area contributed by atoms with Gasteiger partial charge in [-0.2, -0.15) is 0 Å². The first-order valence-corrected chi connectivity index (χ1v) is 21.3. The molecule has 0 saturated heterocycles. The number of phenolic OH excluding ortho intramolecular Hbond substituents is 1. The summed E-state index contributed by atoms with van der Waals surface area (Å²) in [5.41, 5.74) is 14.0. The maximum absolute atomic E-state index is 12.5. The van der Waals surface area contributed by atoms with E-state index in [0.717, 1.165) is 88.7 Å². The van der Waals surface area contributed by atoms with Gasteiger partial charge in [-0.05, 0) is 97.6 Å². The van der Waals surface area contributed by atoms with E-state index in [1.807, 2.05) is 18.3 Å². The van der Waals surface area contributed by atoms with Gasteiger partial charge in [-0.1, -0.05) is 158 Å². The molecule has 0 atom stereocenters. The molecule has 3 heterocycles. The third kappa shape index (κ3) is 7.66. The van der Waals surface area contributed by atoms with Crippen LogP contribution < -0.4 is 0 Å². The van der Waals surface area contributed by atoms with Gasteiger partial charge in [0.1, 0.15) is 11.6 Å². The van der Waals surface area contributed by atoms with Gasteiger partial charge in [-0.3, -0.25) is 14.5 Å². The van der Waals surface area contributed by atoms with Crippen molar-refractivity contribution >= 4 is 32.7 Å². The van der Waals surface area contributed by atoms with Crippen LogP contribution in [-0.2, 0) is 37.3 Å². The summed E-state index contributed by atoms with van der Waals surface area (Å²) in [7, 11) is 0. The zero-order valence-corrected chi connectivity index (χ0v) is 39.5. The Morgan fingerprint density at radius 2 is 1.26 bits per heavy atom. The summed E-state index contributed by atoms with van der Waals surface area (Å²) in [6.45, 7) is 22.0. The monoisotopic (exact) mass is 992 g/mol. The Bertz CT molecular complexity index is 3150. The first-order valence-electron chi connectivity index (χ1n) is 21.3. The van der Waals surface area contributed by atoms with Crippen molar-refractivity contribution in [3.05, 3.63) is 162 Å². The minimum atomic E-state index is -0.330. The molecule has 0 saturated carbocycles. The predicted molar refractivity (Wildman–Crippen MR) is 255 cm³/mol. The molecule has 5 nitrogen and oxygen atoms in total. The van der Waals surface area contributed by atoms with Crippen molar-refractivity contribution in [1.82, 2.24) is 19.5 Å². The fourth-order valence-electron chi connectivity index (χ4n) is 8.53. The number of imidazole rings is 1. The summed E-state index contributed by atoms with van der Waals surface area (Å²) in [5, 5.41) is 15.4. The molecule has 9 aromatic rings. The topological polar surface area (TPSA) is 63.8 Å². The molecular weight excluding hydrogens is 940 g/mol. The van der Waals surface area contributed by atoms with Crippen molar-refractivity contribution < 1.29 is 26.2 Å². The van der Waals surface area contributed by atoms with Crippen LogP contribution in [0.5, 0.6) is 5.75 Å². The van der Waals surface area contributed by atoms with E-state index < -0.39 is 0 Å². The van der Waals surface area contributed by atoms with E-state index in [4.69, 9.17) is 15.0 Å². The van der Waals surface area contributed by atoms with E-state index in [1.165, 1.54) is 5.56 Å². The minimum Gasteiger partial charge on any atom is -0.507 e. The number of phenols is 1. The molecule has 0 amide bonds. The first-order chi connectivity index (χ1) is 29.0. The number of hydrogen-bond donors (Lipinski definition) is 1. The molecule has 9 rings (SSSR count). The fraction of sp³-hybridized carbons (Fsp3) is 0.232. The van der Waals surface area contributed by atoms with E-state index >= 15 is 0 Å². The summed E-state index contributed by atoms with van der Waals surface area (Å²) in [5.74, 6) is 0.920. The second-order valence-electron chi connectivity index (χ2n) is 19.5. The molecule has 0 aliphatic heterocycles. The largest absolute Gasteiger partial charge is 0.507 e. The number of pyridine rings is 2. The van der Waals surface area contributed by atoms with Crippen LogP contribution in [0.1, 0.15) is 84.7 Å². The van der Waals surface area contributed by atoms with E-state index in [2.05, 4.69) is 195 Å². The van der Waals surface area contributed by atoms with Crippen LogP contribution in [0.4, 0.5) is 0 Å². The molecule has 0 bridgehead atoms. The van der Waals surface area contributed by atoms with Crippen LogP contribution in [0.15, 0.2) is 134 Å². The minimum absolute atomic E-state index is 0. The standard InChI is InChI=1S/C56H53N4O.Pt/c1-34-41-23-26-49-51(50(41)43-29-38(21-24-46(43)58-34)47-30-37(27-28-57-47)35-17-13-11-14-18-35)59-53(44-32-40(55(5,6)7)33-45(52(44)61)56(8,9)10)60(49)48-25-22-39(54(2,3)4)31-42(48)36-19-15-12-16-20-36;/h11-28,30-33,61H,1-10H3;/q-1;. The van der Waals surface area contributed by atoms with Gasteiger partial charge in [-0.25, -0.2) is 4.98 Å². The van der Waals surface area contributed by atoms with Crippen molar-refractivity contribution in [3.8, 4) is 56.3 Å². The molecule has 6 heteroatoms. The maximum Gasteiger partial charge on any atom is 0.148 e. The van der Waals surface area contributed by atoms with Gasteiger partial charge >= 0.3 is 0 Å². The Morgan fingerprint density at radius 3 is 1.92 bits per heavy atom. The third-order valence-electron chi connectivity index (χ3n) is 12.0. The maximum atomic E-state index is 12.5. The molecule has 62 heavy (non-hydrogen) atoms. The van der Waals surface area contributed by atoms with Gasteiger partial charge in [0.2, 0.25) is 0 Å². The van der Waals surface area contributed by atoms with Crippen molar-refractivity contribution in [1.29, 1.82) is 0 Å². The van der Waals surface area contributed by atoms with Gasteiger partial charge < -0.3 is 5.11 Å². The molecule has 314 valence electrons. The number of rotatable bonds is 5. The summed E-state index contributed by atoms with van der Waals surface area (Å²) in [6, 6.07) is 48.6.